The minimum Gasteiger partial charge on any atom is -0.477 e. The van der Waals surface area contributed by atoms with Crippen LogP contribution in [0.3, 0.4) is 0 Å². The molecule has 0 saturated carbocycles. The Bertz CT molecular complexity index is 1630. The number of unbranched alkanes of at least 4 members (excludes halogenated alkanes) is 5. The van der Waals surface area contributed by atoms with Crippen molar-refractivity contribution in [3.8, 4) is 43.0 Å². The molecule has 0 fully saturated rings. The van der Waals surface area contributed by atoms with Gasteiger partial charge < -0.3 is 10.2 Å². The van der Waals surface area contributed by atoms with Crippen LogP contribution in [0.2, 0.25) is 0 Å². The topological polar surface area (TPSA) is 113 Å². The van der Waals surface area contributed by atoms with Crippen molar-refractivity contribution in [3.63, 3.8) is 0 Å². The fourth-order valence-electron chi connectivity index (χ4n) is 4.68. The Hall–Kier alpha value is -4.21. The van der Waals surface area contributed by atoms with Gasteiger partial charge in [-0.05, 0) is 79.1 Å². The van der Waals surface area contributed by atoms with Gasteiger partial charge in [0.15, 0.2) is 0 Å². The van der Waals surface area contributed by atoms with Crippen LogP contribution in [0.5, 0.6) is 0 Å². The van der Waals surface area contributed by atoms with Crippen LogP contribution in [0.1, 0.15) is 71.3 Å². The molecule has 5 aromatic rings. The molecular weight excluding hydrogens is 567 g/mol. The molecule has 0 aliphatic carbocycles. The number of carbonyl (C=O) groups is 2. The maximum absolute atomic E-state index is 11.6. The number of hydrogen-bond acceptors (Lipinski definition) is 7. The van der Waals surface area contributed by atoms with Crippen molar-refractivity contribution in [2.45, 2.75) is 51.9 Å². The van der Waals surface area contributed by atoms with E-state index in [2.05, 4.69) is 41.2 Å². The van der Waals surface area contributed by atoms with Gasteiger partial charge in [-0.15, -0.1) is 22.7 Å². The Labute approximate surface area is 252 Å². The van der Waals surface area contributed by atoms with Crippen LogP contribution in [0.15, 0.2) is 72.8 Å². The van der Waals surface area contributed by atoms with Gasteiger partial charge >= 0.3 is 11.9 Å². The van der Waals surface area contributed by atoms with Gasteiger partial charge in [-0.2, -0.15) is 0 Å². The van der Waals surface area contributed by atoms with Crippen LogP contribution in [0, 0.1) is 0 Å². The van der Waals surface area contributed by atoms with Crippen LogP contribution in [0.4, 0.5) is 0 Å². The number of rotatable bonds is 13. The summed E-state index contributed by atoms with van der Waals surface area (Å²) >= 11 is 3.51. The zero-order valence-electron chi connectivity index (χ0n) is 23.2. The molecule has 0 atom stereocenters. The van der Waals surface area contributed by atoms with Crippen LogP contribution < -0.4 is 0 Å². The molecule has 5 rings (SSSR count). The zero-order valence-corrected chi connectivity index (χ0v) is 24.9. The molecular formula is C33H31N3O4S2. The van der Waals surface area contributed by atoms with Gasteiger partial charge in [0.1, 0.15) is 11.4 Å². The smallest absolute Gasteiger partial charge is 0.354 e. The molecule has 7 nitrogen and oxygen atoms in total. The SMILES string of the molecule is CCCCCCCCc1ccc(-c2ccc(-c3cc(-c4cccc(C(=O)O)n4)nc(-c4cccc(C(=O)O)n4)c3)s2)s1. The molecule has 0 aliphatic rings. The summed E-state index contributed by atoms with van der Waals surface area (Å²) in [6, 6.07) is 21.9. The molecule has 42 heavy (non-hydrogen) atoms. The molecule has 5 heterocycles. The molecule has 0 amide bonds. The average Bonchev–Trinajstić information content (AvgIpc) is 3.69. The van der Waals surface area contributed by atoms with E-state index >= 15 is 0 Å². The van der Waals surface area contributed by atoms with Gasteiger partial charge in [-0.1, -0.05) is 51.2 Å². The molecule has 0 saturated heterocycles. The summed E-state index contributed by atoms with van der Waals surface area (Å²) in [7, 11) is 0. The lowest BCUT2D eigenvalue weighted by Crippen LogP contribution is -2.03. The summed E-state index contributed by atoms with van der Waals surface area (Å²) < 4.78 is 0. The first-order chi connectivity index (χ1) is 20.4. The van der Waals surface area contributed by atoms with E-state index in [9.17, 15) is 19.8 Å². The first-order valence-corrected chi connectivity index (χ1v) is 15.7. The van der Waals surface area contributed by atoms with Gasteiger partial charge in [-0.25, -0.2) is 24.5 Å². The van der Waals surface area contributed by atoms with Gasteiger partial charge in [0, 0.05) is 19.5 Å². The molecule has 214 valence electrons. The maximum atomic E-state index is 11.6. The molecule has 0 bridgehead atoms. The van der Waals surface area contributed by atoms with E-state index in [0.717, 1.165) is 16.9 Å². The molecule has 5 aromatic heterocycles. The predicted octanol–water partition coefficient (Wildman–Crippen LogP) is 8.96. The standard InChI is InChI=1S/C33H31N3O4S2/c1-2-3-4-5-6-7-10-22-15-16-30(41-22)31-18-17-29(42-31)21-19-27(23-11-8-13-25(34-23)32(37)38)36-28(20-21)24-12-9-14-26(35-24)33(39)40/h8-9,11-20H,2-7,10H2,1H3,(H,37,38)(H,39,40). The minimum atomic E-state index is -1.13. The number of aromatic nitrogens is 3. The first kappa shape index (κ1) is 29.3. The summed E-state index contributed by atoms with van der Waals surface area (Å²) in [4.78, 5) is 41.2. The predicted molar refractivity (Wildman–Crippen MR) is 168 cm³/mol. The van der Waals surface area contributed by atoms with Crippen molar-refractivity contribution >= 4 is 34.6 Å². The Morgan fingerprint density at radius 3 is 1.79 bits per heavy atom. The summed E-state index contributed by atoms with van der Waals surface area (Å²) in [6.45, 7) is 2.24. The summed E-state index contributed by atoms with van der Waals surface area (Å²) in [5.41, 5.74) is 2.45. The maximum Gasteiger partial charge on any atom is 0.354 e. The normalized spacial score (nSPS) is 11.1. The highest BCUT2D eigenvalue weighted by atomic mass is 32.1. The van der Waals surface area contributed by atoms with Crippen LogP contribution in [-0.2, 0) is 6.42 Å². The highest BCUT2D eigenvalue weighted by Gasteiger charge is 2.16. The van der Waals surface area contributed by atoms with E-state index in [1.165, 1.54) is 65.3 Å². The van der Waals surface area contributed by atoms with Crippen LogP contribution in [-0.4, -0.2) is 37.1 Å². The number of nitrogens with zero attached hydrogens (tertiary/aromatic N) is 3. The number of aryl methyl sites for hydroxylation is 1. The summed E-state index contributed by atoms with van der Waals surface area (Å²) in [5.74, 6) is -2.25. The lowest BCUT2D eigenvalue weighted by atomic mass is 10.1. The van der Waals surface area contributed by atoms with Gasteiger partial charge in [-0.3, -0.25) is 0 Å². The summed E-state index contributed by atoms with van der Waals surface area (Å²) in [5, 5.41) is 18.9. The fourth-order valence-corrected chi connectivity index (χ4v) is 6.81. The fraction of sp³-hybridized carbons (Fsp3) is 0.242. The number of aromatic carboxylic acids is 2. The number of carboxylic acids is 2. The van der Waals surface area contributed by atoms with E-state index in [0.29, 0.717) is 22.8 Å². The third-order valence-corrected chi connectivity index (χ3v) is 9.33. The lowest BCUT2D eigenvalue weighted by molar-refractivity contribution is 0.0680. The van der Waals surface area contributed by atoms with Crippen molar-refractivity contribution in [1.82, 2.24) is 15.0 Å². The van der Waals surface area contributed by atoms with E-state index in [1.807, 2.05) is 23.5 Å². The molecule has 0 spiro atoms. The van der Waals surface area contributed by atoms with Gasteiger partial charge in [0.05, 0.1) is 22.8 Å². The molecule has 0 aromatic carbocycles. The summed E-state index contributed by atoms with van der Waals surface area (Å²) in [6.07, 6.45) is 8.82. The van der Waals surface area contributed by atoms with E-state index in [4.69, 9.17) is 4.98 Å². The van der Waals surface area contributed by atoms with Crippen molar-refractivity contribution < 1.29 is 19.8 Å². The lowest BCUT2D eigenvalue weighted by Gasteiger charge is -2.09. The third kappa shape index (κ3) is 7.16. The Kier molecular flexibility index (Phi) is 9.51. The number of pyridine rings is 3. The number of carboxylic acid groups (broad SMARTS) is 2. The third-order valence-electron chi connectivity index (χ3n) is 6.86. The van der Waals surface area contributed by atoms with Crippen molar-refractivity contribution in [3.05, 3.63) is 89.1 Å². The number of thiophene rings is 2. The Morgan fingerprint density at radius 1 is 0.619 bits per heavy atom. The molecule has 0 radical (unpaired) electrons. The van der Waals surface area contributed by atoms with E-state index in [1.54, 1.807) is 35.6 Å². The largest absolute Gasteiger partial charge is 0.477 e. The Balaban J connectivity index is 1.45. The van der Waals surface area contributed by atoms with Crippen molar-refractivity contribution in [2.24, 2.45) is 0 Å². The number of hydrogen-bond donors (Lipinski definition) is 2. The Morgan fingerprint density at radius 2 is 1.17 bits per heavy atom. The molecule has 9 heteroatoms. The zero-order chi connectivity index (χ0) is 29.5. The first-order valence-electron chi connectivity index (χ1n) is 14.0. The minimum absolute atomic E-state index is 0.0832. The van der Waals surface area contributed by atoms with E-state index < -0.39 is 11.9 Å². The average molecular weight is 598 g/mol. The van der Waals surface area contributed by atoms with Gasteiger partial charge in [0.2, 0.25) is 0 Å². The van der Waals surface area contributed by atoms with Gasteiger partial charge in [0.25, 0.3) is 0 Å². The quantitative estimate of drug-likeness (QED) is 0.130. The molecule has 0 unspecified atom stereocenters. The highest BCUT2D eigenvalue weighted by molar-refractivity contribution is 7.23. The van der Waals surface area contributed by atoms with E-state index in [-0.39, 0.29) is 11.4 Å². The molecule has 0 aliphatic heterocycles. The monoisotopic (exact) mass is 597 g/mol. The second-order valence-corrected chi connectivity index (χ2v) is 12.3. The van der Waals surface area contributed by atoms with Crippen molar-refractivity contribution in [1.29, 1.82) is 0 Å². The highest BCUT2D eigenvalue weighted by Crippen LogP contribution is 2.39. The van der Waals surface area contributed by atoms with Crippen molar-refractivity contribution in [2.75, 3.05) is 0 Å². The molecule has 2 N–H and O–H groups in total. The van der Waals surface area contributed by atoms with Crippen LogP contribution in [0.25, 0.3) is 43.0 Å². The second-order valence-electron chi connectivity index (χ2n) is 10.0. The second kappa shape index (κ2) is 13.6. The van der Waals surface area contributed by atoms with Crippen LogP contribution >= 0.6 is 22.7 Å².